The summed E-state index contributed by atoms with van der Waals surface area (Å²) in [5.41, 5.74) is 0. The molecular weight excluding hydrogens is 112 g/mol. The number of carbonyl (C=O) groups excluding carboxylic acids is 1. The van der Waals surface area contributed by atoms with Crippen LogP contribution in [0, 0.1) is 0 Å². The zero-order chi connectivity index (χ0) is 4.28. The first kappa shape index (κ1) is 9.85. The van der Waals surface area contributed by atoms with Gasteiger partial charge in [-0.2, -0.15) is 5.26 Å². The van der Waals surface area contributed by atoms with Crippen molar-refractivity contribution >= 4 is 43.7 Å². The molecule has 3 nitrogen and oxygen atoms in total. The summed E-state index contributed by atoms with van der Waals surface area (Å²) in [5, 5.41) is 7.29. The number of rotatable bonds is 0. The van der Waals surface area contributed by atoms with E-state index in [9.17, 15) is 4.79 Å². The van der Waals surface area contributed by atoms with Gasteiger partial charge in [-0.05, 0) is 0 Å². The standard InChI is InChI=1S/C2H4O3.Ca.2H/c1-2(3)5-4;;;/h4H,1H3;;;. The van der Waals surface area contributed by atoms with Crippen LogP contribution in [0.1, 0.15) is 6.92 Å². The van der Waals surface area contributed by atoms with Crippen molar-refractivity contribution in [2.75, 3.05) is 0 Å². The zero-order valence-electron chi connectivity index (χ0n) is 2.76. The second-order valence-corrected chi connectivity index (χ2v) is 0.583. The molecule has 0 aliphatic heterocycles. The third kappa shape index (κ3) is 8.83. The molecule has 0 saturated heterocycles. The van der Waals surface area contributed by atoms with E-state index < -0.39 is 5.97 Å². The molecule has 0 aromatic rings. The van der Waals surface area contributed by atoms with Gasteiger partial charge in [0, 0.05) is 6.92 Å². The van der Waals surface area contributed by atoms with E-state index in [1.54, 1.807) is 0 Å². The summed E-state index contributed by atoms with van der Waals surface area (Å²) in [5.74, 6) is -0.690. The van der Waals surface area contributed by atoms with Crippen LogP contribution in [0.3, 0.4) is 0 Å². The van der Waals surface area contributed by atoms with E-state index in [1.165, 1.54) is 0 Å². The Morgan fingerprint density at radius 3 is 2.00 bits per heavy atom. The van der Waals surface area contributed by atoms with E-state index in [4.69, 9.17) is 5.26 Å². The van der Waals surface area contributed by atoms with Crippen LogP contribution < -0.4 is 0 Å². The van der Waals surface area contributed by atoms with Gasteiger partial charge in [0.15, 0.2) is 0 Å². The van der Waals surface area contributed by atoms with Crippen LogP contribution in [-0.4, -0.2) is 49.0 Å². The summed E-state index contributed by atoms with van der Waals surface area (Å²) >= 11 is 0. The Morgan fingerprint density at radius 1 is 1.83 bits per heavy atom. The second-order valence-electron chi connectivity index (χ2n) is 0.583. The van der Waals surface area contributed by atoms with Crippen LogP contribution in [0.15, 0.2) is 0 Å². The van der Waals surface area contributed by atoms with E-state index in [1.807, 2.05) is 0 Å². The van der Waals surface area contributed by atoms with Crippen molar-refractivity contribution in [1.29, 1.82) is 0 Å². The molecular formula is C2H6CaO3. The molecule has 34 valence electrons. The Morgan fingerprint density at radius 2 is 2.00 bits per heavy atom. The molecule has 0 amide bonds. The van der Waals surface area contributed by atoms with Gasteiger partial charge in [-0.15, -0.1) is 0 Å². The van der Waals surface area contributed by atoms with Gasteiger partial charge in [-0.1, -0.05) is 0 Å². The van der Waals surface area contributed by atoms with E-state index in [-0.39, 0.29) is 37.7 Å². The van der Waals surface area contributed by atoms with E-state index in [2.05, 4.69) is 4.89 Å². The topological polar surface area (TPSA) is 46.5 Å². The molecule has 0 aromatic heterocycles. The van der Waals surface area contributed by atoms with Crippen LogP contribution >= 0.6 is 0 Å². The van der Waals surface area contributed by atoms with Crippen molar-refractivity contribution in [2.45, 2.75) is 6.92 Å². The molecule has 0 aromatic carbocycles. The quantitative estimate of drug-likeness (QED) is 0.255. The van der Waals surface area contributed by atoms with Crippen molar-refractivity contribution in [3.8, 4) is 0 Å². The molecule has 0 rings (SSSR count). The molecule has 0 aliphatic carbocycles. The van der Waals surface area contributed by atoms with Gasteiger partial charge in [0.2, 0.25) is 0 Å². The third-order valence-corrected chi connectivity index (χ3v) is 0.129. The molecule has 6 heavy (non-hydrogen) atoms. The number of hydrogen-bond acceptors (Lipinski definition) is 3. The SMILES string of the molecule is CC(=O)OO.[CaH2]. The van der Waals surface area contributed by atoms with Gasteiger partial charge in [0.05, 0.1) is 0 Å². The van der Waals surface area contributed by atoms with Gasteiger partial charge in [0.1, 0.15) is 0 Å². The molecule has 0 bridgehead atoms. The zero-order valence-corrected chi connectivity index (χ0v) is 2.76. The first-order valence-corrected chi connectivity index (χ1v) is 1.09. The summed E-state index contributed by atoms with van der Waals surface area (Å²) < 4.78 is 0. The van der Waals surface area contributed by atoms with Crippen LogP contribution in [0.2, 0.25) is 0 Å². The normalized spacial score (nSPS) is 5.67. The fourth-order valence-corrected chi connectivity index (χ4v) is 0. The molecule has 0 unspecified atom stereocenters. The van der Waals surface area contributed by atoms with Crippen LogP contribution in [0.5, 0.6) is 0 Å². The van der Waals surface area contributed by atoms with E-state index >= 15 is 0 Å². The van der Waals surface area contributed by atoms with Crippen molar-refractivity contribution < 1.29 is 14.9 Å². The van der Waals surface area contributed by atoms with Crippen molar-refractivity contribution in [3.63, 3.8) is 0 Å². The Kier molecular flexibility index (Phi) is 9.34. The minimum absolute atomic E-state index is 0. The molecule has 0 atom stereocenters. The Balaban J connectivity index is 0. The number of carbonyl (C=O) groups is 1. The van der Waals surface area contributed by atoms with Gasteiger partial charge in [0.25, 0.3) is 0 Å². The van der Waals surface area contributed by atoms with Gasteiger partial charge >= 0.3 is 43.7 Å². The summed E-state index contributed by atoms with van der Waals surface area (Å²) in [6, 6.07) is 0. The predicted molar refractivity (Wildman–Crippen MR) is 22.9 cm³/mol. The minimum atomic E-state index is -0.690. The average molecular weight is 118 g/mol. The molecule has 0 heterocycles. The van der Waals surface area contributed by atoms with Crippen LogP contribution in [0.4, 0.5) is 0 Å². The van der Waals surface area contributed by atoms with Crippen LogP contribution in [-0.2, 0) is 9.68 Å². The van der Waals surface area contributed by atoms with Crippen molar-refractivity contribution in [1.82, 2.24) is 0 Å². The predicted octanol–water partition coefficient (Wildman–Crippen LogP) is -0.894. The molecule has 0 saturated carbocycles. The molecule has 0 aliphatic rings. The van der Waals surface area contributed by atoms with Crippen molar-refractivity contribution in [2.24, 2.45) is 0 Å². The summed E-state index contributed by atoms with van der Waals surface area (Å²) in [7, 11) is 0. The first-order valence-electron chi connectivity index (χ1n) is 1.09. The fraction of sp³-hybridized carbons (Fsp3) is 0.500. The second kappa shape index (κ2) is 5.69. The molecule has 0 radical (unpaired) electrons. The maximum absolute atomic E-state index is 9.34. The average Bonchev–Trinajstić information content (AvgIpc) is 1.38. The summed E-state index contributed by atoms with van der Waals surface area (Å²) in [6.07, 6.45) is 0. The Bertz CT molecular complexity index is 44.1. The molecule has 0 spiro atoms. The fourth-order valence-electron chi connectivity index (χ4n) is 0. The van der Waals surface area contributed by atoms with E-state index in [0.29, 0.717) is 0 Å². The first-order chi connectivity index (χ1) is 2.27. The van der Waals surface area contributed by atoms with Gasteiger partial charge < -0.3 is 4.89 Å². The third-order valence-electron chi connectivity index (χ3n) is 0.129. The monoisotopic (exact) mass is 118 g/mol. The van der Waals surface area contributed by atoms with Gasteiger partial charge in [-0.3, -0.25) is 0 Å². The van der Waals surface area contributed by atoms with Crippen LogP contribution in [0.25, 0.3) is 0 Å². The molecule has 0 fully saturated rings. The Labute approximate surface area is 65.2 Å². The summed E-state index contributed by atoms with van der Waals surface area (Å²) in [6.45, 7) is 1.11. The van der Waals surface area contributed by atoms with Gasteiger partial charge in [-0.25, -0.2) is 4.79 Å². The van der Waals surface area contributed by atoms with E-state index in [0.717, 1.165) is 6.92 Å². The Hall–Kier alpha value is 0.690. The number of hydrogen-bond donors (Lipinski definition) is 1. The summed E-state index contributed by atoms with van der Waals surface area (Å²) in [4.78, 5) is 12.5. The molecule has 4 heteroatoms. The van der Waals surface area contributed by atoms with Crippen molar-refractivity contribution in [3.05, 3.63) is 0 Å². The molecule has 1 N–H and O–H groups in total. The maximum atomic E-state index is 9.34.